The van der Waals surface area contributed by atoms with Crippen molar-refractivity contribution in [2.24, 2.45) is 0 Å². The zero-order chi connectivity index (χ0) is 15.5. The Hall–Kier alpha value is -2.53. The zero-order valence-corrected chi connectivity index (χ0v) is 12.7. The predicted octanol–water partition coefficient (Wildman–Crippen LogP) is 3.39. The fourth-order valence-electron chi connectivity index (χ4n) is 2.21. The molecule has 0 saturated heterocycles. The normalized spacial score (nSPS) is 10.6. The highest BCUT2D eigenvalue weighted by molar-refractivity contribution is 6.30. The molecule has 2 heterocycles. The number of hydrogen-bond acceptors (Lipinski definition) is 4. The molecule has 0 aliphatic rings. The third kappa shape index (κ3) is 2.76. The Morgan fingerprint density at radius 1 is 1.27 bits per heavy atom. The van der Waals surface area contributed by atoms with Crippen LogP contribution in [0.15, 0.2) is 48.7 Å². The molecule has 112 valence electrons. The van der Waals surface area contributed by atoms with Crippen molar-refractivity contribution in [3.05, 3.63) is 64.9 Å². The van der Waals surface area contributed by atoms with Gasteiger partial charge in [-0.15, -0.1) is 0 Å². The number of carbonyl (C=O) groups excluding carboxylic acids is 1. The molecule has 0 spiro atoms. The minimum absolute atomic E-state index is 0.237. The van der Waals surface area contributed by atoms with Gasteiger partial charge in [0.2, 0.25) is 0 Å². The van der Waals surface area contributed by atoms with E-state index in [0.29, 0.717) is 23.0 Å². The van der Waals surface area contributed by atoms with E-state index < -0.39 is 5.97 Å². The number of imidazole rings is 1. The number of nitrogens with one attached hydrogen (secondary N) is 1. The van der Waals surface area contributed by atoms with Crippen molar-refractivity contribution < 1.29 is 9.53 Å². The Balaban J connectivity index is 2.01. The summed E-state index contributed by atoms with van der Waals surface area (Å²) in [7, 11) is 1.33. The molecule has 0 atom stereocenters. The van der Waals surface area contributed by atoms with Crippen molar-refractivity contribution in [3.8, 4) is 0 Å². The maximum absolute atomic E-state index is 11.9. The van der Waals surface area contributed by atoms with Gasteiger partial charge in [-0.05, 0) is 17.7 Å². The number of nitrogens with zero attached hydrogens (tertiary/aromatic N) is 2. The smallest absolute Gasteiger partial charge is 0.360 e. The van der Waals surface area contributed by atoms with Gasteiger partial charge in [0.1, 0.15) is 11.5 Å². The SMILES string of the molecule is COC(=O)c1nc2ccc(Cl)cn2c1NCc1ccccc1. The van der Waals surface area contributed by atoms with Gasteiger partial charge in [-0.1, -0.05) is 41.9 Å². The predicted molar refractivity (Wildman–Crippen MR) is 85.3 cm³/mol. The van der Waals surface area contributed by atoms with E-state index in [4.69, 9.17) is 16.3 Å². The first kappa shape index (κ1) is 14.4. The number of hydrogen-bond donors (Lipinski definition) is 1. The van der Waals surface area contributed by atoms with Crippen molar-refractivity contribution in [3.63, 3.8) is 0 Å². The van der Waals surface area contributed by atoms with E-state index in [0.717, 1.165) is 5.56 Å². The van der Waals surface area contributed by atoms with Crippen molar-refractivity contribution in [2.45, 2.75) is 6.54 Å². The molecule has 1 aromatic carbocycles. The summed E-state index contributed by atoms with van der Waals surface area (Å²) in [6.07, 6.45) is 1.71. The van der Waals surface area contributed by atoms with Crippen LogP contribution in [-0.2, 0) is 11.3 Å². The van der Waals surface area contributed by atoms with E-state index in [2.05, 4.69) is 10.3 Å². The van der Waals surface area contributed by atoms with Gasteiger partial charge in [-0.3, -0.25) is 4.40 Å². The average Bonchev–Trinajstić information content (AvgIpc) is 2.91. The summed E-state index contributed by atoms with van der Waals surface area (Å²) in [4.78, 5) is 16.2. The minimum Gasteiger partial charge on any atom is -0.464 e. The van der Waals surface area contributed by atoms with Crippen LogP contribution in [0.1, 0.15) is 16.1 Å². The van der Waals surface area contributed by atoms with E-state index in [-0.39, 0.29) is 5.69 Å². The van der Waals surface area contributed by atoms with Gasteiger partial charge in [0, 0.05) is 12.7 Å². The molecular weight excluding hydrogens is 302 g/mol. The highest BCUT2D eigenvalue weighted by atomic mass is 35.5. The number of fused-ring (bicyclic) bond motifs is 1. The molecule has 0 unspecified atom stereocenters. The third-order valence-corrected chi connectivity index (χ3v) is 3.49. The Kier molecular flexibility index (Phi) is 3.98. The lowest BCUT2D eigenvalue weighted by Gasteiger charge is -2.08. The van der Waals surface area contributed by atoms with Crippen LogP contribution in [0.25, 0.3) is 5.65 Å². The second kappa shape index (κ2) is 6.07. The molecule has 2 aromatic heterocycles. The van der Waals surface area contributed by atoms with E-state index in [1.54, 1.807) is 22.7 Å². The number of methoxy groups -OCH3 is 1. The lowest BCUT2D eigenvalue weighted by Crippen LogP contribution is -2.09. The van der Waals surface area contributed by atoms with E-state index >= 15 is 0 Å². The highest BCUT2D eigenvalue weighted by Crippen LogP contribution is 2.22. The molecule has 5 nitrogen and oxygen atoms in total. The summed E-state index contributed by atoms with van der Waals surface area (Å²) in [5.74, 6) is 0.0728. The highest BCUT2D eigenvalue weighted by Gasteiger charge is 2.19. The summed E-state index contributed by atoms with van der Waals surface area (Å²) >= 11 is 6.04. The van der Waals surface area contributed by atoms with Crippen molar-refractivity contribution in [2.75, 3.05) is 12.4 Å². The lowest BCUT2D eigenvalue weighted by atomic mass is 10.2. The number of halogens is 1. The average molecular weight is 316 g/mol. The minimum atomic E-state index is -0.490. The number of aromatic nitrogens is 2. The summed E-state index contributed by atoms with van der Waals surface area (Å²) in [6, 6.07) is 13.4. The van der Waals surface area contributed by atoms with Crippen LogP contribution in [0.5, 0.6) is 0 Å². The molecule has 6 heteroatoms. The largest absolute Gasteiger partial charge is 0.464 e. The van der Waals surface area contributed by atoms with E-state index in [1.165, 1.54) is 7.11 Å². The van der Waals surface area contributed by atoms with Crippen LogP contribution in [0.3, 0.4) is 0 Å². The molecule has 0 radical (unpaired) electrons. The van der Waals surface area contributed by atoms with Crippen molar-refractivity contribution in [1.82, 2.24) is 9.38 Å². The molecule has 1 N–H and O–H groups in total. The maximum atomic E-state index is 11.9. The van der Waals surface area contributed by atoms with Crippen LogP contribution in [-0.4, -0.2) is 22.5 Å². The molecule has 3 rings (SSSR count). The van der Waals surface area contributed by atoms with Gasteiger partial charge < -0.3 is 10.1 Å². The Bertz CT molecular complexity index is 815. The first-order valence-corrected chi connectivity index (χ1v) is 7.10. The molecular formula is C16H14ClN3O2. The Morgan fingerprint density at radius 3 is 2.77 bits per heavy atom. The Labute approximate surface area is 132 Å². The van der Waals surface area contributed by atoms with E-state index in [1.807, 2.05) is 30.3 Å². The molecule has 3 aromatic rings. The van der Waals surface area contributed by atoms with Crippen LogP contribution in [0.4, 0.5) is 5.82 Å². The van der Waals surface area contributed by atoms with Gasteiger partial charge in [-0.25, -0.2) is 9.78 Å². The summed E-state index contributed by atoms with van der Waals surface area (Å²) in [5.41, 5.74) is 1.95. The second-order valence-corrected chi connectivity index (χ2v) is 5.15. The van der Waals surface area contributed by atoms with Gasteiger partial charge >= 0.3 is 5.97 Å². The molecule has 0 saturated carbocycles. The molecule has 0 bridgehead atoms. The van der Waals surface area contributed by atoms with Crippen LogP contribution >= 0.6 is 11.6 Å². The third-order valence-electron chi connectivity index (χ3n) is 3.26. The number of rotatable bonds is 4. The maximum Gasteiger partial charge on any atom is 0.360 e. The fraction of sp³-hybridized carbons (Fsp3) is 0.125. The quantitative estimate of drug-likeness (QED) is 0.750. The molecule has 0 aliphatic heterocycles. The van der Waals surface area contributed by atoms with Gasteiger partial charge in [0.05, 0.1) is 12.1 Å². The lowest BCUT2D eigenvalue weighted by molar-refractivity contribution is 0.0596. The van der Waals surface area contributed by atoms with Crippen LogP contribution in [0, 0.1) is 0 Å². The number of pyridine rings is 1. The monoisotopic (exact) mass is 315 g/mol. The number of anilines is 1. The second-order valence-electron chi connectivity index (χ2n) is 4.72. The summed E-state index contributed by atoms with van der Waals surface area (Å²) < 4.78 is 6.55. The number of esters is 1. The molecule has 22 heavy (non-hydrogen) atoms. The topological polar surface area (TPSA) is 55.6 Å². The molecule has 0 amide bonds. The first-order chi connectivity index (χ1) is 10.7. The Morgan fingerprint density at radius 2 is 2.05 bits per heavy atom. The van der Waals surface area contributed by atoms with Crippen molar-refractivity contribution >= 4 is 29.0 Å². The molecule has 0 aliphatic carbocycles. The summed E-state index contributed by atoms with van der Waals surface area (Å²) in [5, 5.41) is 3.80. The number of ether oxygens (including phenoxy) is 1. The van der Waals surface area contributed by atoms with Gasteiger partial charge in [0.15, 0.2) is 5.69 Å². The standard InChI is InChI=1S/C16H14ClN3O2/c1-22-16(21)14-15(18-9-11-5-3-2-4-6-11)20-10-12(17)7-8-13(20)19-14/h2-8,10,18H,9H2,1H3. The first-order valence-electron chi connectivity index (χ1n) is 6.73. The summed E-state index contributed by atoms with van der Waals surface area (Å²) in [6.45, 7) is 0.561. The van der Waals surface area contributed by atoms with Crippen LogP contribution < -0.4 is 5.32 Å². The zero-order valence-electron chi connectivity index (χ0n) is 11.9. The van der Waals surface area contributed by atoms with Gasteiger partial charge in [0.25, 0.3) is 0 Å². The fourth-order valence-corrected chi connectivity index (χ4v) is 2.37. The van der Waals surface area contributed by atoms with Crippen LogP contribution in [0.2, 0.25) is 5.02 Å². The van der Waals surface area contributed by atoms with Crippen molar-refractivity contribution in [1.29, 1.82) is 0 Å². The molecule has 0 fully saturated rings. The van der Waals surface area contributed by atoms with E-state index in [9.17, 15) is 4.79 Å². The number of carbonyl (C=O) groups is 1. The van der Waals surface area contributed by atoms with Gasteiger partial charge in [-0.2, -0.15) is 0 Å². The number of benzene rings is 1.